The van der Waals surface area contributed by atoms with Crippen molar-refractivity contribution in [2.75, 3.05) is 5.73 Å². The van der Waals surface area contributed by atoms with E-state index in [4.69, 9.17) is 5.73 Å². The summed E-state index contributed by atoms with van der Waals surface area (Å²) in [5.41, 5.74) is 10.1. The third-order valence-corrected chi connectivity index (χ3v) is 3.34. The number of nitrogen functional groups attached to an aromatic ring is 1. The number of rotatable bonds is 1. The minimum absolute atomic E-state index is 0.424. The van der Waals surface area contributed by atoms with E-state index in [1.165, 1.54) is 0 Å². The van der Waals surface area contributed by atoms with Gasteiger partial charge in [-0.3, -0.25) is 0 Å². The van der Waals surface area contributed by atoms with Crippen molar-refractivity contribution < 1.29 is 0 Å². The Morgan fingerprint density at radius 3 is 2.75 bits per heavy atom. The van der Waals surface area contributed by atoms with E-state index < -0.39 is 0 Å². The van der Waals surface area contributed by atoms with Crippen LogP contribution in [0.5, 0.6) is 0 Å². The fourth-order valence-electron chi connectivity index (χ4n) is 2.39. The smallest absolute Gasteiger partial charge is 0.167 e. The van der Waals surface area contributed by atoms with Crippen molar-refractivity contribution in [2.24, 2.45) is 7.05 Å². The Morgan fingerprint density at radius 1 is 1.15 bits per heavy atom. The number of hydrogen-bond donors (Lipinski definition) is 1. The maximum absolute atomic E-state index is 5.96. The second-order valence-electron chi connectivity index (χ2n) is 4.69. The lowest BCUT2D eigenvalue weighted by Crippen LogP contribution is -2.01. The highest BCUT2D eigenvalue weighted by atomic mass is 15.3. The van der Waals surface area contributed by atoms with Gasteiger partial charge in [0, 0.05) is 18.7 Å². The van der Waals surface area contributed by atoms with Gasteiger partial charge < -0.3 is 10.3 Å². The van der Waals surface area contributed by atoms with Crippen molar-refractivity contribution in [1.29, 1.82) is 0 Å². The van der Waals surface area contributed by atoms with Crippen molar-refractivity contribution in [3.63, 3.8) is 0 Å². The molecular weight excluding hydrogens is 252 g/mol. The summed E-state index contributed by atoms with van der Waals surface area (Å²) in [6.07, 6.45) is 1.71. The van der Waals surface area contributed by atoms with Gasteiger partial charge in [-0.05, 0) is 0 Å². The Bertz CT molecular complexity index is 919. The summed E-state index contributed by atoms with van der Waals surface area (Å²) in [7, 11) is 1.91. The Hall–Kier alpha value is -2.89. The standard InChI is InChI=1S/C14H12N6/c1-19-8-16-12-13(15)17-11-7-10(18-20(11)14(12)19)9-5-3-2-4-6-9/h2-8H,1H3,(H2,15,17). The zero-order valence-electron chi connectivity index (χ0n) is 10.9. The number of nitrogens with two attached hydrogens (primary N) is 1. The second kappa shape index (κ2) is 3.80. The lowest BCUT2D eigenvalue weighted by molar-refractivity contribution is 0.877. The van der Waals surface area contributed by atoms with Gasteiger partial charge in [-0.2, -0.15) is 9.61 Å². The van der Waals surface area contributed by atoms with Gasteiger partial charge in [-0.15, -0.1) is 0 Å². The van der Waals surface area contributed by atoms with Crippen LogP contribution in [0.15, 0.2) is 42.7 Å². The van der Waals surface area contributed by atoms with Crippen molar-refractivity contribution in [2.45, 2.75) is 0 Å². The highest BCUT2D eigenvalue weighted by molar-refractivity contribution is 5.85. The van der Waals surface area contributed by atoms with E-state index in [2.05, 4.69) is 15.1 Å². The van der Waals surface area contributed by atoms with Gasteiger partial charge in [0.05, 0.1) is 12.0 Å². The van der Waals surface area contributed by atoms with Crippen molar-refractivity contribution >= 4 is 22.6 Å². The lowest BCUT2D eigenvalue weighted by atomic mass is 10.2. The van der Waals surface area contributed by atoms with E-state index in [-0.39, 0.29) is 0 Å². The molecule has 0 aliphatic heterocycles. The predicted octanol–water partition coefficient (Wildman–Crippen LogP) is 1.87. The first-order valence-electron chi connectivity index (χ1n) is 6.26. The summed E-state index contributed by atoms with van der Waals surface area (Å²) >= 11 is 0. The molecule has 6 heteroatoms. The topological polar surface area (TPSA) is 74.0 Å². The van der Waals surface area contributed by atoms with E-state index in [9.17, 15) is 0 Å². The Kier molecular flexibility index (Phi) is 2.09. The molecule has 20 heavy (non-hydrogen) atoms. The van der Waals surface area contributed by atoms with Crippen LogP contribution in [0.4, 0.5) is 5.82 Å². The summed E-state index contributed by atoms with van der Waals surface area (Å²) in [4.78, 5) is 8.63. The number of aromatic nitrogens is 5. The summed E-state index contributed by atoms with van der Waals surface area (Å²) in [5, 5.41) is 4.62. The second-order valence-corrected chi connectivity index (χ2v) is 4.69. The average Bonchev–Trinajstić information content (AvgIpc) is 3.04. The van der Waals surface area contributed by atoms with E-state index in [1.807, 2.05) is 48.0 Å². The number of aryl methyl sites for hydroxylation is 1. The monoisotopic (exact) mass is 264 g/mol. The third kappa shape index (κ3) is 1.41. The maximum Gasteiger partial charge on any atom is 0.167 e. The summed E-state index contributed by atoms with van der Waals surface area (Å²) in [6.45, 7) is 0. The van der Waals surface area contributed by atoms with Gasteiger partial charge in [0.15, 0.2) is 17.1 Å². The van der Waals surface area contributed by atoms with Crippen LogP contribution in [-0.2, 0) is 7.05 Å². The van der Waals surface area contributed by atoms with Crippen molar-refractivity contribution in [3.05, 3.63) is 42.7 Å². The van der Waals surface area contributed by atoms with Crippen LogP contribution in [0.3, 0.4) is 0 Å². The van der Waals surface area contributed by atoms with Gasteiger partial charge in [-0.1, -0.05) is 30.3 Å². The molecule has 0 atom stereocenters. The van der Waals surface area contributed by atoms with Crippen LogP contribution in [0.1, 0.15) is 0 Å². The van der Waals surface area contributed by atoms with Gasteiger partial charge in [0.25, 0.3) is 0 Å². The zero-order chi connectivity index (χ0) is 13.7. The molecule has 0 radical (unpaired) electrons. The molecule has 0 saturated carbocycles. The van der Waals surface area contributed by atoms with Gasteiger partial charge in [-0.25, -0.2) is 9.97 Å². The molecule has 0 spiro atoms. The molecule has 4 rings (SSSR count). The SMILES string of the molecule is Cn1cnc2c(N)nc3cc(-c4ccccc4)nn3c21. The summed E-state index contributed by atoms with van der Waals surface area (Å²) < 4.78 is 3.67. The van der Waals surface area contributed by atoms with E-state index in [0.717, 1.165) is 22.6 Å². The quantitative estimate of drug-likeness (QED) is 0.569. The molecule has 3 aromatic heterocycles. The minimum Gasteiger partial charge on any atom is -0.382 e. The van der Waals surface area contributed by atoms with Crippen molar-refractivity contribution in [1.82, 2.24) is 24.1 Å². The molecule has 0 amide bonds. The number of fused-ring (bicyclic) bond motifs is 3. The molecule has 98 valence electrons. The Labute approximate surface area is 114 Å². The number of nitrogens with zero attached hydrogens (tertiary/aromatic N) is 5. The first kappa shape index (κ1) is 11.0. The molecule has 2 N–H and O–H groups in total. The molecule has 0 saturated heterocycles. The van der Waals surface area contributed by atoms with Gasteiger partial charge in [0.1, 0.15) is 5.52 Å². The maximum atomic E-state index is 5.96. The van der Waals surface area contributed by atoms with E-state index >= 15 is 0 Å². The molecule has 1 aromatic carbocycles. The Balaban J connectivity index is 2.09. The number of anilines is 1. The highest BCUT2D eigenvalue weighted by Gasteiger charge is 2.13. The molecular formula is C14H12N6. The van der Waals surface area contributed by atoms with Crippen molar-refractivity contribution in [3.8, 4) is 11.3 Å². The van der Waals surface area contributed by atoms with Crippen LogP contribution >= 0.6 is 0 Å². The predicted molar refractivity (Wildman–Crippen MR) is 77.1 cm³/mol. The fraction of sp³-hybridized carbons (Fsp3) is 0.0714. The van der Waals surface area contributed by atoms with Gasteiger partial charge >= 0.3 is 0 Å². The molecule has 6 nitrogen and oxygen atoms in total. The zero-order valence-corrected chi connectivity index (χ0v) is 10.9. The largest absolute Gasteiger partial charge is 0.382 e. The van der Waals surface area contributed by atoms with E-state index in [0.29, 0.717) is 11.3 Å². The fourth-order valence-corrected chi connectivity index (χ4v) is 2.39. The highest BCUT2D eigenvalue weighted by Crippen LogP contribution is 2.23. The molecule has 0 fully saturated rings. The molecule has 0 unspecified atom stereocenters. The number of imidazole rings is 1. The molecule has 0 aliphatic rings. The van der Waals surface area contributed by atoms with Crippen LogP contribution in [0, 0.1) is 0 Å². The third-order valence-electron chi connectivity index (χ3n) is 3.34. The molecule has 0 aliphatic carbocycles. The molecule has 0 bridgehead atoms. The van der Waals surface area contributed by atoms with Crippen LogP contribution in [0.25, 0.3) is 28.1 Å². The summed E-state index contributed by atoms with van der Waals surface area (Å²) in [5.74, 6) is 0.424. The first-order chi connectivity index (χ1) is 9.74. The van der Waals surface area contributed by atoms with Crippen LogP contribution < -0.4 is 5.73 Å². The minimum atomic E-state index is 0.424. The number of hydrogen-bond acceptors (Lipinski definition) is 4. The molecule has 3 heterocycles. The first-order valence-corrected chi connectivity index (χ1v) is 6.26. The van der Waals surface area contributed by atoms with Gasteiger partial charge in [0.2, 0.25) is 0 Å². The lowest BCUT2D eigenvalue weighted by Gasteiger charge is -2.00. The van der Waals surface area contributed by atoms with Crippen LogP contribution in [0.2, 0.25) is 0 Å². The van der Waals surface area contributed by atoms with E-state index in [1.54, 1.807) is 10.8 Å². The normalized spacial score (nSPS) is 11.4. The average molecular weight is 264 g/mol. The summed E-state index contributed by atoms with van der Waals surface area (Å²) in [6, 6.07) is 11.9. The number of benzene rings is 1. The molecule has 4 aromatic rings. The Morgan fingerprint density at radius 2 is 1.95 bits per heavy atom. The van der Waals surface area contributed by atoms with Crippen LogP contribution in [-0.4, -0.2) is 24.1 Å².